The predicted octanol–water partition coefficient (Wildman–Crippen LogP) is 8.10. The van der Waals surface area contributed by atoms with Gasteiger partial charge in [-0.1, -0.05) is 49.7 Å². The quantitative estimate of drug-likeness (QED) is 0.218. The number of carbonyl (C=O) groups excluding carboxylic acids is 2. The molecule has 3 heterocycles. The molecule has 222 valence electrons. The smallest absolute Gasteiger partial charge is 0.341 e. The summed E-state index contributed by atoms with van der Waals surface area (Å²) < 4.78 is 7.74. The zero-order valence-corrected chi connectivity index (χ0v) is 26.7. The summed E-state index contributed by atoms with van der Waals surface area (Å²) in [6.07, 6.45) is 10.9. The number of esters is 1. The first-order valence-corrected chi connectivity index (χ1v) is 17.1. The molecule has 2 aromatic heterocycles. The fraction of sp³-hybridized carbons (Fsp3) is 0.471. The van der Waals surface area contributed by atoms with Crippen molar-refractivity contribution in [3.8, 4) is 5.00 Å². The average Bonchev–Trinajstić information content (AvgIpc) is 3.60. The van der Waals surface area contributed by atoms with Crippen molar-refractivity contribution in [1.29, 1.82) is 0 Å². The third-order valence-corrected chi connectivity index (χ3v) is 11.4. The number of nitrogens with one attached hydrogen (secondary N) is 1. The Bertz CT molecular complexity index is 1510. The van der Waals surface area contributed by atoms with E-state index in [-0.39, 0.29) is 23.4 Å². The minimum atomic E-state index is -0.229. The number of amides is 1. The van der Waals surface area contributed by atoms with Crippen LogP contribution in [0.2, 0.25) is 0 Å². The number of rotatable bonds is 7. The van der Waals surface area contributed by atoms with Gasteiger partial charge in [-0.05, 0) is 101 Å². The van der Waals surface area contributed by atoms with Crippen molar-refractivity contribution < 1.29 is 14.3 Å². The maximum Gasteiger partial charge on any atom is 0.341 e. The van der Waals surface area contributed by atoms with Gasteiger partial charge in [-0.25, -0.2) is 4.79 Å². The van der Waals surface area contributed by atoms with Crippen LogP contribution in [-0.4, -0.2) is 39.5 Å². The van der Waals surface area contributed by atoms with Gasteiger partial charge >= 0.3 is 5.97 Å². The molecule has 3 aromatic rings. The number of hydrogen-bond acceptors (Lipinski definition) is 6. The number of aryl methyl sites for hydroxylation is 2. The van der Waals surface area contributed by atoms with Gasteiger partial charge in [-0.15, -0.1) is 11.3 Å². The zero-order chi connectivity index (χ0) is 29.4. The Labute approximate surface area is 257 Å². The van der Waals surface area contributed by atoms with Gasteiger partial charge in [-0.2, -0.15) is 0 Å². The van der Waals surface area contributed by atoms with Gasteiger partial charge in [0.25, 0.3) is 5.91 Å². The van der Waals surface area contributed by atoms with E-state index in [4.69, 9.17) is 4.74 Å². The van der Waals surface area contributed by atoms with Crippen molar-refractivity contribution >= 4 is 46.7 Å². The van der Waals surface area contributed by atoms with Gasteiger partial charge in [0.2, 0.25) is 0 Å². The molecule has 0 spiro atoms. The first-order chi connectivity index (χ1) is 20.4. The molecule has 1 aromatic carbocycles. The van der Waals surface area contributed by atoms with Crippen molar-refractivity contribution in [3.63, 3.8) is 0 Å². The number of ether oxygens (including phenoxy) is 1. The monoisotopic (exact) mass is 603 g/mol. The highest BCUT2D eigenvalue weighted by Gasteiger charge is 2.43. The Morgan fingerprint density at radius 3 is 2.62 bits per heavy atom. The minimum absolute atomic E-state index is 0.107. The molecule has 0 radical (unpaired) electrons. The number of para-hydroxylation sites is 1. The lowest BCUT2D eigenvalue weighted by molar-refractivity contribution is -0.129. The molecule has 8 heteroatoms. The maximum absolute atomic E-state index is 14.1. The van der Waals surface area contributed by atoms with Crippen molar-refractivity contribution in [2.45, 2.75) is 90.6 Å². The number of thiophene rings is 1. The van der Waals surface area contributed by atoms with Gasteiger partial charge in [0.1, 0.15) is 5.00 Å². The van der Waals surface area contributed by atoms with E-state index in [1.165, 1.54) is 16.9 Å². The summed E-state index contributed by atoms with van der Waals surface area (Å²) in [5.41, 5.74) is 5.87. The second kappa shape index (κ2) is 12.3. The van der Waals surface area contributed by atoms with Crippen molar-refractivity contribution in [3.05, 3.63) is 74.3 Å². The third-order valence-electron chi connectivity index (χ3n) is 9.02. The van der Waals surface area contributed by atoms with E-state index >= 15 is 0 Å². The first kappa shape index (κ1) is 29.1. The molecular weight excluding hydrogens is 563 g/mol. The molecule has 2 aliphatic carbocycles. The minimum Gasteiger partial charge on any atom is -0.462 e. The van der Waals surface area contributed by atoms with Gasteiger partial charge in [-0.3, -0.25) is 4.79 Å². The number of nitrogens with zero attached hydrogens (tertiary/aromatic N) is 2. The molecular formula is C34H41N3O3S2. The molecule has 1 amide bonds. The molecule has 1 unspecified atom stereocenters. The molecule has 6 rings (SSSR count). The topological polar surface area (TPSA) is 63.6 Å². The molecule has 1 saturated carbocycles. The van der Waals surface area contributed by atoms with E-state index in [0.717, 1.165) is 83.1 Å². The zero-order valence-electron chi connectivity index (χ0n) is 25.1. The largest absolute Gasteiger partial charge is 0.462 e. The van der Waals surface area contributed by atoms with Crippen LogP contribution in [0.5, 0.6) is 0 Å². The lowest BCUT2D eigenvalue weighted by Gasteiger charge is -2.39. The fourth-order valence-electron chi connectivity index (χ4n) is 6.88. The summed E-state index contributed by atoms with van der Waals surface area (Å²) in [6, 6.07) is 12.6. The highest BCUT2D eigenvalue weighted by molar-refractivity contribution is 8.05. The Kier molecular flexibility index (Phi) is 8.55. The van der Waals surface area contributed by atoms with Crippen LogP contribution in [0.3, 0.4) is 0 Å². The highest BCUT2D eigenvalue weighted by atomic mass is 32.2. The van der Waals surface area contributed by atoms with E-state index in [1.54, 1.807) is 23.1 Å². The van der Waals surface area contributed by atoms with Crippen LogP contribution in [0.1, 0.15) is 90.1 Å². The summed E-state index contributed by atoms with van der Waals surface area (Å²) in [7, 11) is 0. The number of fused-ring (bicyclic) bond motifs is 1. The van der Waals surface area contributed by atoms with Crippen LogP contribution >= 0.6 is 23.1 Å². The Hall–Kier alpha value is -2.97. The van der Waals surface area contributed by atoms with E-state index in [0.29, 0.717) is 12.5 Å². The van der Waals surface area contributed by atoms with Crippen LogP contribution in [0.25, 0.3) is 11.1 Å². The van der Waals surface area contributed by atoms with E-state index in [2.05, 4.69) is 59.8 Å². The average molecular weight is 604 g/mol. The maximum atomic E-state index is 14.1. The van der Waals surface area contributed by atoms with Crippen LogP contribution in [-0.2, 0) is 22.4 Å². The molecule has 0 bridgehead atoms. The SMILES string of the molecule is CCOC(=O)c1c(-n2c(C)cc(/C=C3\SC(Nc4ccccc4)N([C@@H]4CCCC[C@@H]4C)C3=O)c2C)sc2c1CCCC2. The second-order valence-corrected chi connectivity index (χ2v) is 14.0. The number of benzene rings is 1. The van der Waals surface area contributed by atoms with Crippen LogP contribution in [0.4, 0.5) is 5.69 Å². The molecule has 1 saturated heterocycles. The first-order valence-electron chi connectivity index (χ1n) is 15.4. The van der Waals surface area contributed by atoms with Gasteiger partial charge in [0.05, 0.1) is 17.1 Å². The van der Waals surface area contributed by atoms with E-state index < -0.39 is 0 Å². The Balaban J connectivity index is 1.37. The second-order valence-electron chi connectivity index (χ2n) is 11.8. The molecule has 6 nitrogen and oxygen atoms in total. The highest BCUT2D eigenvalue weighted by Crippen LogP contribution is 2.43. The summed E-state index contributed by atoms with van der Waals surface area (Å²) in [6.45, 7) is 8.69. The number of thioether (sulfide) groups is 1. The van der Waals surface area contributed by atoms with Crippen LogP contribution < -0.4 is 5.32 Å². The molecule has 42 heavy (non-hydrogen) atoms. The summed E-state index contributed by atoms with van der Waals surface area (Å²) in [5.74, 6) is 0.350. The number of hydrogen-bond donors (Lipinski definition) is 1. The number of carbonyl (C=O) groups is 2. The van der Waals surface area contributed by atoms with Crippen molar-refractivity contribution in [1.82, 2.24) is 9.47 Å². The number of aromatic nitrogens is 1. The lowest BCUT2D eigenvalue weighted by Crippen LogP contribution is -2.48. The van der Waals surface area contributed by atoms with Gasteiger partial charge in [0, 0.05) is 28.0 Å². The molecule has 2 fully saturated rings. The van der Waals surface area contributed by atoms with Gasteiger partial charge in [0.15, 0.2) is 5.50 Å². The summed E-state index contributed by atoms with van der Waals surface area (Å²) in [4.78, 5) is 31.5. The van der Waals surface area contributed by atoms with Crippen LogP contribution in [0.15, 0.2) is 41.3 Å². The van der Waals surface area contributed by atoms with Crippen molar-refractivity contribution in [2.75, 3.05) is 11.9 Å². The standard InChI is InChI=1S/C34H41N3O3S2/c1-5-40-33(39)30-26-16-10-12-18-28(26)41-32(30)36-22(3)19-24(23(36)4)20-29-31(38)37(27-17-11-9-13-21(27)2)34(42-29)35-25-14-7-6-8-15-25/h6-8,14-15,19-21,27,34-35H,5,9-13,16-18H2,1-4H3/b29-20-/t21-,27+,34?/m0/s1. The van der Waals surface area contributed by atoms with Crippen molar-refractivity contribution in [2.24, 2.45) is 5.92 Å². The van der Waals surface area contributed by atoms with E-state index in [9.17, 15) is 9.59 Å². The molecule has 1 aliphatic heterocycles. The Morgan fingerprint density at radius 2 is 1.86 bits per heavy atom. The number of anilines is 1. The van der Waals surface area contributed by atoms with Crippen LogP contribution in [0, 0.1) is 19.8 Å². The summed E-state index contributed by atoms with van der Waals surface area (Å²) >= 11 is 3.34. The predicted molar refractivity (Wildman–Crippen MR) is 173 cm³/mol. The summed E-state index contributed by atoms with van der Waals surface area (Å²) in [5, 5.41) is 4.59. The Morgan fingerprint density at radius 1 is 1.10 bits per heavy atom. The molecule has 3 atom stereocenters. The molecule has 3 aliphatic rings. The molecule has 1 N–H and O–H groups in total. The normalized spacial score (nSPS) is 23.3. The van der Waals surface area contributed by atoms with Gasteiger partial charge < -0.3 is 19.5 Å². The van der Waals surface area contributed by atoms with E-state index in [1.807, 2.05) is 25.1 Å². The lowest BCUT2D eigenvalue weighted by atomic mass is 9.85. The fourth-order valence-corrected chi connectivity index (χ4v) is 9.57. The third kappa shape index (κ3) is 5.44.